The molecule has 10 heteroatoms. The van der Waals surface area contributed by atoms with Crippen LogP contribution in [0.4, 0.5) is 13.2 Å². The van der Waals surface area contributed by atoms with Crippen molar-refractivity contribution in [3.8, 4) is 6.07 Å². The average molecular weight is 671 g/mol. The van der Waals surface area contributed by atoms with E-state index in [0.717, 1.165) is 60.8 Å². The number of alkyl halides is 3. The molecule has 1 saturated heterocycles. The Morgan fingerprint density at radius 1 is 1.02 bits per heavy atom. The number of halogens is 5. The van der Waals surface area contributed by atoms with Crippen molar-refractivity contribution in [3.05, 3.63) is 111 Å². The highest BCUT2D eigenvalue weighted by atomic mass is 35.5. The molecule has 1 amide bonds. The van der Waals surface area contributed by atoms with Gasteiger partial charge in [0.15, 0.2) is 0 Å². The van der Waals surface area contributed by atoms with Crippen molar-refractivity contribution in [1.29, 1.82) is 5.26 Å². The van der Waals surface area contributed by atoms with Gasteiger partial charge in [0.2, 0.25) is 0 Å². The Morgan fingerprint density at radius 3 is 2.44 bits per heavy atom. The van der Waals surface area contributed by atoms with Gasteiger partial charge >= 0.3 is 5.51 Å². The van der Waals surface area contributed by atoms with Gasteiger partial charge in [0.25, 0.3) is 5.91 Å². The van der Waals surface area contributed by atoms with Crippen molar-refractivity contribution >= 4 is 51.6 Å². The number of piperidine rings is 1. The quantitative estimate of drug-likeness (QED) is 0.167. The van der Waals surface area contributed by atoms with E-state index in [-0.39, 0.29) is 34.4 Å². The Labute approximate surface area is 275 Å². The van der Waals surface area contributed by atoms with Crippen LogP contribution in [0.5, 0.6) is 0 Å². The predicted molar refractivity (Wildman–Crippen MR) is 176 cm³/mol. The van der Waals surface area contributed by atoms with E-state index in [0.29, 0.717) is 27.7 Å². The minimum atomic E-state index is -4.32. The van der Waals surface area contributed by atoms with Crippen LogP contribution in [-0.2, 0) is 0 Å². The maximum Gasteiger partial charge on any atom is 0.446 e. The van der Waals surface area contributed by atoms with Crippen molar-refractivity contribution in [2.24, 2.45) is 0 Å². The van der Waals surface area contributed by atoms with Crippen LogP contribution in [0.3, 0.4) is 0 Å². The monoisotopic (exact) mass is 669 g/mol. The van der Waals surface area contributed by atoms with Crippen LogP contribution >= 0.6 is 35.0 Å². The third-order valence-corrected chi connectivity index (χ3v) is 10.0. The van der Waals surface area contributed by atoms with Crippen LogP contribution in [0.25, 0.3) is 10.8 Å². The number of rotatable bonds is 9. The van der Waals surface area contributed by atoms with E-state index in [1.54, 1.807) is 48.3 Å². The van der Waals surface area contributed by atoms with Gasteiger partial charge in [-0.05, 0) is 109 Å². The van der Waals surface area contributed by atoms with Gasteiger partial charge in [-0.2, -0.15) is 18.4 Å². The standard InChI is InChI=1S/C35H32Cl2F3N3OS/c1-42(34(44)30-19-23(21-41)18-26-6-2-3-7-28(26)30)22-27(25-10-11-31(36)32(37)20-25)14-17-43-15-12-24(13-16-43)29-8-4-5-9-33(29)45-35(38,39)40/h2-11,18-20,24,27H,12-17,22H2,1H3/t27-/m1/s1. The number of nitriles is 1. The summed E-state index contributed by atoms with van der Waals surface area (Å²) in [4.78, 5) is 18.1. The second-order valence-corrected chi connectivity index (χ2v) is 13.3. The number of thioether (sulfide) groups is 1. The van der Waals surface area contributed by atoms with Crippen molar-refractivity contribution in [2.45, 2.75) is 41.5 Å². The summed E-state index contributed by atoms with van der Waals surface area (Å²) in [6.45, 7) is 2.71. The molecule has 0 bridgehead atoms. The Balaban J connectivity index is 1.29. The fraction of sp³-hybridized carbons (Fsp3) is 0.314. The molecule has 234 valence electrons. The van der Waals surface area contributed by atoms with E-state index < -0.39 is 5.51 Å². The highest BCUT2D eigenvalue weighted by Crippen LogP contribution is 2.42. The molecule has 1 heterocycles. The molecule has 4 aromatic carbocycles. The summed E-state index contributed by atoms with van der Waals surface area (Å²) < 4.78 is 39.5. The molecule has 0 aliphatic carbocycles. The smallest absolute Gasteiger partial charge is 0.341 e. The first-order chi connectivity index (χ1) is 21.5. The van der Waals surface area contributed by atoms with Gasteiger partial charge in [-0.1, -0.05) is 71.7 Å². The van der Waals surface area contributed by atoms with Crippen LogP contribution in [0.15, 0.2) is 83.8 Å². The number of carbonyl (C=O) groups is 1. The lowest BCUT2D eigenvalue weighted by atomic mass is 9.88. The Kier molecular flexibility index (Phi) is 10.7. The lowest BCUT2D eigenvalue weighted by molar-refractivity contribution is -0.0328. The zero-order chi connectivity index (χ0) is 32.1. The SMILES string of the molecule is CN(C[C@@H](CCN1CCC(c2ccccc2SC(F)(F)F)CC1)c1ccc(Cl)c(Cl)c1)C(=O)c1cc(C#N)cc2ccccc12. The molecule has 0 N–H and O–H groups in total. The van der Waals surface area contributed by atoms with Crippen LogP contribution in [0.2, 0.25) is 10.0 Å². The minimum Gasteiger partial charge on any atom is -0.341 e. The number of likely N-dealkylation sites (N-methyl/N-ethyl adjacent to an activating group) is 1. The lowest BCUT2D eigenvalue weighted by Crippen LogP contribution is -2.36. The summed E-state index contributed by atoms with van der Waals surface area (Å²) in [5, 5.41) is 12.1. The Morgan fingerprint density at radius 2 is 1.73 bits per heavy atom. The molecule has 0 saturated carbocycles. The first-order valence-corrected chi connectivity index (χ1v) is 16.3. The molecule has 0 aromatic heterocycles. The normalized spacial score (nSPS) is 15.1. The van der Waals surface area contributed by atoms with Gasteiger partial charge in [-0.15, -0.1) is 0 Å². The summed E-state index contributed by atoms with van der Waals surface area (Å²) in [6.07, 6.45) is 2.28. The van der Waals surface area contributed by atoms with Crippen LogP contribution in [0.1, 0.15) is 58.1 Å². The van der Waals surface area contributed by atoms with Crippen molar-refractivity contribution in [1.82, 2.24) is 9.80 Å². The third-order valence-electron chi connectivity index (χ3n) is 8.44. The number of likely N-dealkylation sites (tertiary alicyclic amines) is 1. The molecule has 4 aromatic rings. The van der Waals surface area contributed by atoms with Gasteiger partial charge in [-0.25, -0.2) is 0 Å². The van der Waals surface area contributed by atoms with Crippen molar-refractivity contribution in [3.63, 3.8) is 0 Å². The fourth-order valence-corrected chi connectivity index (χ4v) is 7.20. The molecule has 5 rings (SSSR count). The summed E-state index contributed by atoms with van der Waals surface area (Å²) in [5.41, 5.74) is -1.69. The van der Waals surface area contributed by atoms with Gasteiger partial charge in [-0.3, -0.25) is 4.79 Å². The lowest BCUT2D eigenvalue weighted by Gasteiger charge is -2.34. The molecular formula is C35H32Cl2F3N3OS. The van der Waals surface area contributed by atoms with E-state index in [4.69, 9.17) is 23.2 Å². The van der Waals surface area contributed by atoms with Gasteiger partial charge in [0.05, 0.1) is 21.7 Å². The maximum absolute atomic E-state index is 13.8. The van der Waals surface area contributed by atoms with Crippen LogP contribution < -0.4 is 0 Å². The van der Waals surface area contributed by atoms with Crippen LogP contribution in [-0.4, -0.2) is 54.4 Å². The minimum absolute atomic E-state index is 0.0374. The van der Waals surface area contributed by atoms with E-state index in [1.165, 1.54) is 0 Å². The average Bonchev–Trinajstić information content (AvgIpc) is 3.03. The second kappa shape index (κ2) is 14.5. The van der Waals surface area contributed by atoms with Gasteiger partial charge < -0.3 is 9.80 Å². The van der Waals surface area contributed by atoms with Crippen molar-refractivity contribution < 1.29 is 18.0 Å². The highest BCUT2D eigenvalue weighted by Gasteiger charge is 2.32. The molecule has 1 atom stereocenters. The number of hydrogen-bond donors (Lipinski definition) is 0. The largest absolute Gasteiger partial charge is 0.446 e. The Bertz CT molecular complexity index is 1720. The number of nitrogens with zero attached hydrogens (tertiary/aromatic N) is 3. The summed E-state index contributed by atoms with van der Waals surface area (Å²) in [6, 6.07) is 25.5. The number of amides is 1. The first-order valence-electron chi connectivity index (χ1n) is 14.7. The van der Waals surface area contributed by atoms with E-state index in [9.17, 15) is 23.2 Å². The molecule has 1 aliphatic rings. The first kappa shape index (κ1) is 33.2. The molecule has 1 fully saturated rings. The van der Waals surface area contributed by atoms with E-state index >= 15 is 0 Å². The maximum atomic E-state index is 13.8. The Hall–Kier alpha value is -3.22. The highest BCUT2D eigenvalue weighted by molar-refractivity contribution is 8.00. The topological polar surface area (TPSA) is 47.3 Å². The number of benzene rings is 4. The van der Waals surface area contributed by atoms with Crippen LogP contribution in [0, 0.1) is 11.3 Å². The predicted octanol–water partition coefficient (Wildman–Crippen LogP) is 9.76. The summed E-state index contributed by atoms with van der Waals surface area (Å²) in [7, 11) is 1.77. The summed E-state index contributed by atoms with van der Waals surface area (Å²) >= 11 is 12.6. The van der Waals surface area contributed by atoms with Gasteiger partial charge in [0.1, 0.15) is 0 Å². The number of carbonyl (C=O) groups excluding carboxylic acids is 1. The third kappa shape index (κ3) is 8.33. The van der Waals surface area contributed by atoms with E-state index in [2.05, 4.69) is 11.0 Å². The fourth-order valence-electron chi connectivity index (χ4n) is 6.14. The molecule has 4 nitrogen and oxygen atoms in total. The molecule has 0 radical (unpaired) electrons. The number of hydrogen-bond acceptors (Lipinski definition) is 4. The molecule has 0 spiro atoms. The summed E-state index contributed by atoms with van der Waals surface area (Å²) in [5.74, 6) is -0.161. The number of fused-ring (bicyclic) bond motifs is 1. The van der Waals surface area contributed by atoms with E-state index in [1.807, 2.05) is 42.5 Å². The molecule has 45 heavy (non-hydrogen) atoms. The molecular weight excluding hydrogens is 638 g/mol. The second-order valence-electron chi connectivity index (χ2n) is 11.4. The van der Waals surface area contributed by atoms with Gasteiger partial charge in [0, 0.05) is 30.0 Å². The molecule has 1 aliphatic heterocycles. The zero-order valence-electron chi connectivity index (χ0n) is 24.7. The van der Waals surface area contributed by atoms with Crippen molar-refractivity contribution in [2.75, 3.05) is 33.2 Å². The molecule has 0 unspecified atom stereocenters. The zero-order valence-corrected chi connectivity index (χ0v) is 27.0.